The maximum absolute atomic E-state index is 11.1. The van der Waals surface area contributed by atoms with Crippen molar-refractivity contribution in [1.29, 1.82) is 0 Å². The van der Waals surface area contributed by atoms with Crippen LogP contribution < -0.4 is 0 Å². The van der Waals surface area contributed by atoms with E-state index in [-0.39, 0.29) is 5.97 Å². The molecule has 1 heterocycles. The molecule has 1 fully saturated rings. The molecule has 2 atom stereocenters. The first kappa shape index (κ1) is 10.9. The van der Waals surface area contributed by atoms with Crippen LogP contribution in [-0.2, 0) is 9.53 Å². The predicted molar refractivity (Wildman–Crippen MR) is 55.9 cm³/mol. The van der Waals surface area contributed by atoms with Gasteiger partial charge in [-0.25, -0.2) is 0 Å². The second-order valence-electron chi connectivity index (χ2n) is 3.59. The van der Waals surface area contributed by atoms with Gasteiger partial charge in [0.05, 0.1) is 6.61 Å². The van der Waals surface area contributed by atoms with Gasteiger partial charge in [0.15, 0.2) is 0 Å². The molecule has 0 aliphatic carbocycles. The maximum atomic E-state index is 11.1. The number of ether oxygens (including phenoxy) is 1. The van der Waals surface area contributed by atoms with E-state index in [2.05, 4.69) is 6.92 Å². The summed E-state index contributed by atoms with van der Waals surface area (Å²) < 4.78 is 4.88. The van der Waals surface area contributed by atoms with Crippen molar-refractivity contribution in [2.45, 2.75) is 38.4 Å². The molecule has 1 rings (SSSR count). The second-order valence-corrected chi connectivity index (χ2v) is 5.06. The number of carbonyl (C=O) groups is 1. The Labute approximate surface area is 84.4 Å². The second kappa shape index (κ2) is 5.53. The summed E-state index contributed by atoms with van der Waals surface area (Å²) in [6, 6.07) is 0. The largest absolute Gasteiger partial charge is 0.466 e. The van der Waals surface area contributed by atoms with Crippen LogP contribution in [0.5, 0.6) is 0 Å². The van der Waals surface area contributed by atoms with Gasteiger partial charge in [-0.2, -0.15) is 11.8 Å². The fraction of sp³-hybridized carbons (Fsp3) is 0.900. The fourth-order valence-electron chi connectivity index (χ4n) is 1.66. The van der Waals surface area contributed by atoms with Crippen molar-refractivity contribution in [2.24, 2.45) is 5.92 Å². The first-order valence-corrected chi connectivity index (χ1v) is 6.04. The molecule has 3 heteroatoms. The molecule has 2 unspecified atom stereocenters. The molecule has 0 N–H and O–H groups in total. The van der Waals surface area contributed by atoms with E-state index in [0.717, 1.165) is 17.6 Å². The molecule has 0 saturated carbocycles. The molecule has 0 aromatic carbocycles. The van der Waals surface area contributed by atoms with Gasteiger partial charge in [0, 0.05) is 11.7 Å². The third kappa shape index (κ3) is 4.03. The average molecular weight is 202 g/mol. The van der Waals surface area contributed by atoms with Crippen LogP contribution in [0.25, 0.3) is 0 Å². The minimum absolute atomic E-state index is 0.0351. The summed E-state index contributed by atoms with van der Waals surface area (Å²) in [7, 11) is 0. The molecule has 1 aliphatic rings. The molecule has 0 aromatic rings. The van der Waals surface area contributed by atoms with Crippen LogP contribution in [0.2, 0.25) is 0 Å². The smallest absolute Gasteiger partial charge is 0.305 e. The number of hydrogen-bond acceptors (Lipinski definition) is 3. The molecule has 76 valence electrons. The number of rotatable bonds is 4. The van der Waals surface area contributed by atoms with Gasteiger partial charge in [-0.15, -0.1) is 0 Å². The van der Waals surface area contributed by atoms with Crippen molar-refractivity contribution in [2.75, 3.05) is 12.4 Å². The van der Waals surface area contributed by atoms with Gasteiger partial charge >= 0.3 is 5.97 Å². The van der Waals surface area contributed by atoms with Crippen molar-refractivity contribution in [3.63, 3.8) is 0 Å². The molecule has 2 nitrogen and oxygen atoms in total. The van der Waals surface area contributed by atoms with Crippen molar-refractivity contribution in [3.05, 3.63) is 0 Å². The zero-order valence-electron chi connectivity index (χ0n) is 8.41. The topological polar surface area (TPSA) is 26.3 Å². The monoisotopic (exact) mass is 202 g/mol. The van der Waals surface area contributed by atoms with Gasteiger partial charge in [0.1, 0.15) is 0 Å². The standard InChI is InChI=1S/C10H18O2S/c1-3-12-10(11)5-4-9-6-8(2)13-7-9/h8-9H,3-7H2,1-2H3. The Balaban J connectivity index is 2.09. The van der Waals surface area contributed by atoms with Crippen LogP contribution in [0.4, 0.5) is 0 Å². The van der Waals surface area contributed by atoms with E-state index in [0.29, 0.717) is 13.0 Å². The van der Waals surface area contributed by atoms with E-state index in [1.54, 1.807) is 0 Å². The Bertz CT molecular complexity index is 170. The minimum atomic E-state index is -0.0351. The predicted octanol–water partition coefficient (Wildman–Crippen LogP) is 2.47. The molecule has 0 radical (unpaired) electrons. The number of esters is 1. The van der Waals surface area contributed by atoms with E-state index >= 15 is 0 Å². The molecule has 0 amide bonds. The average Bonchev–Trinajstić information content (AvgIpc) is 2.49. The summed E-state index contributed by atoms with van der Waals surface area (Å²) in [6.07, 6.45) is 2.88. The van der Waals surface area contributed by atoms with Crippen molar-refractivity contribution in [1.82, 2.24) is 0 Å². The lowest BCUT2D eigenvalue weighted by Gasteiger charge is -2.07. The molecule has 0 spiro atoms. The Morgan fingerprint density at radius 3 is 2.92 bits per heavy atom. The molecule has 13 heavy (non-hydrogen) atoms. The number of carbonyl (C=O) groups excluding carboxylic acids is 1. The van der Waals surface area contributed by atoms with Gasteiger partial charge in [-0.1, -0.05) is 6.92 Å². The highest BCUT2D eigenvalue weighted by molar-refractivity contribution is 8.00. The van der Waals surface area contributed by atoms with Gasteiger partial charge in [-0.3, -0.25) is 4.79 Å². The molecule has 0 bridgehead atoms. The fourth-order valence-corrected chi connectivity index (χ4v) is 2.97. The summed E-state index contributed by atoms with van der Waals surface area (Å²) >= 11 is 2.02. The summed E-state index contributed by atoms with van der Waals surface area (Å²) in [5.74, 6) is 1.93. The van der Waals surface area contributed by atoms with Crippen LogP contribution in [0.1, 0.15) is 33.1 Å². The normalized spacial score (nSPS) is 27.5. The van der Waals surface area contributed by atoms with Gasteiger partial charge < -0.3 is 4.74 Å². The Morgan fingerprint density at radius 2 is 2.38 bits per heavy atom. The lowest BCUT2D eigenvalue weighted by molar-refractivity contribution is -0.143. The van der Waals surface area contributed by atoms with Crippen molar-refractivity contribution < 1.29 is 9.53 Å². The minimum Gasteiger partial charge on any atom is -0.466 e. The molecule has 1 saturated heterocycles. The lowest BCUT2D eigenvalue weighted by Crippen LogP contribution is -2.08. The van der Waals surface area contributed by atoms with Crippen LogP contribution in [0, 0.1) is 5.92 Å². The van der Waals surface area contributed by atoms with Crippen molar-refractivity contribution in [3.8, 4) is 0 Å². The number of thioether (sulfide) groups is 1. The van der Waals surface area contributed by atoms with E-state index in [1.165, 1.54) is 12.2 Å². The van der Waals surface area contributed by atoms with Gasteiger partial charge in [-0.05, 0) is 31.4 Å². The summed E-state index contributed by atoms with van der Waals surface area (Å²) in [5, 5.41) is 0.784. The SMILES string of the molecule is CCOC(=O)CCC1CSC(C)C1. The molecule has 1 aliphatic heterocycles. The first-order chi connectivity index (χ1) is 6.22. The van der Waals surface area contributed by atoms with E-state index < -0.39 is 0 Å². The number of hydrogen-bond donors (Lipinski definition) is 0. The first-order valence-electron chi connectivity index (χ1n) is 4.99. The van der Waals surface area contributed by atoms with Crippen molar-refractivity contribution >= 4 is 17.7 Å². The third-order valence-electron chi connectivity index (χ3n) is 2.34. The summed E-state index contributed by atoms with van der Waals surface area (Å²) in [5.41, 5.74) is 0. The zero-order chi connectivity index (χ0) is 9.68. The summed E-state index contributed by atoms with van der Waals surface area (Å²) in [6.45, 7) is 4.62. The van der Waals surface area contributed by atoms with Gasteiger partial charge in [0.25, 0.3) is 0 Å². The highest BCUT2D eigenvalue weighted by Crippen LogP contribution is 2.33. The Hall–Kier alpha value is -0.180. The Morgan fingerprint density at radius 1 is 1.62 bits per heavy atom. The van der Waals surface area contributed by atoms with Gasteiger partial charge in [0.2, 0.25) is 0 Å². The third-order valence-corrected chi connectivity index (χ3v) is 3.77. The Kier molecular flexibility index (Phi) is 4.64. The van der Waals surface area contributed by atoms with E-state index in [9.17, 15) is 4.79 Å². The molecular formula is C10H18O2S. The maximum Gasteiger partial charge on any atom is 0.305 e. The highest BCUT2D eigenvalue weighted by Gasteiger charge is 2.22. The van der Waals surface area contributed by atoms with Crippen LogP contribution in [-0.4, -0.2) is 23.6 Å². The van der Waals surface area contributed by atoms with Crippen LogP contribution in [0.15, 0.2) is 0 Å². The highest BCUT2D eigenvalue weighted by atomic mass is 32.2. The van der Waals surface area contributed by atoms with E-state index in [4.69, 9.17) is 4.74 Å². The quantitative estimate of drug-likeness (QED) is 0.655. The van der Waals surface area contributed by atoms with Crippen LogP contribution in [0.3, 0.4) is 0 Å². The summed E-state index contributed by atoms with van der Waals surface area (Å²) in [4.78, 5) is 11.1. The molecule has 0 aromatic heterocycles. The van der Waals surface area contributed by atoms with E-state index in [1.807, 2.05) is 18.7 Å². The zero-order valence-corrected chi connectivity index (χ0v) is 9.23. The molecular weight excluding hydrogens is 184 g/mol. The van der Waals surface area contributed by atoms with Crippen LogP contribution >= 0.6 is 11.8 Å². The lowest BCUT2D eigenvalue weighted by atomic mass is 10.0.